The zero-order chi connectivity index (χ0) is 17.3. The molecular formula is C19H19ClN2O2. The van der Waals surface area contributed by atoms with Gasteiger partial charge in [-0.1, -0.05) is 41.4 Å². The van der Waals surface area contributed by atoms with E-state index in [1.807, 2.05) is 43.3 Å². The average Bonchev–Trinajstić information content (AvgIpc) is 2.57. The Bertz CT molecular complexity index is 790. The summed E-state index contributed by atoms with van der Waals surface area (Å²) < 4.78 is 0. The Morgan fingerprint density at radius 1 is 1.12 bits per heavy atom. The van der Waals surface area contributed by atoms with E-state index in [-0.39, 0.29) is 11.8 Å². The number of para-hydroxylation sites is 1. The van der Waals surface area contributed by atoms with E-state index in [1.54, 1.807) is 28.9 Å². The van der Waals surface area contributed by atoms with Gasteiger partial charge in [0, 0.05) is 18.7 Å². The molecule has 124 valence electrons. The fraction of sp³-hybridized carbons (Fsp3) is 0.263. The van der Waals surface area contributed by atoms with Crippen LogP contribution in [0.4, 0.5) is 5.69 Å². The number of benzene rings is 2. The summed E-state index contributed by atoms with van der Waals surface area (Å²) in [6.45, 7) is 4.62. The van der Waals surface area contributed by atoms with Gasteiger partial charge in [-0.2, -0.15) is 0 Å². The Morgan fingerprint density at radius 3 is 2.58 bits per heavy atom. The Morgan fingerprint density at radius 2 is 1.88 bits per heavy atom. The topological polar surface area (TPSA) is 40.6 Å². The van der Waals surface area contributed by atoms with Crippen LogP contribution in [-0.4, -0.2) is 35.8 Å². The van der Waals surface area contributed by atoms with E-state index in [0.717, 1.165) is 5.56 Å². The van der Waals surface area contributed by atoms with Crippen molar-refractivity contribution >= 4 is 29.1 Å². The zero-order valence-corrected chi connectivity index (χ0v) is 14.5. The van der Waals surface area contributed by atoms with Crippen LogP contribution in [0.15, 0.2) is 48.5 Å². The maximum Gasteiger partial charge on any atom is 0.254 e. The van der Waals surface area contributed by atoms with Crippen molar-refractivity contribution in [3.05, 3.63) is 64.7 Å². The van der Waals surface area contributed by atoms with E-state index in [0.29, 0.717) is 29.4 Å². The summed E-state index contributed by atoms with van der Waals surface area (Å²) in [4.78, 5) is 28.8. The Kier molecular flexibility index (Phi) is 4.58. The summed E-state index contributed by atoms with van der Waals surface area (Å²) >= 11 is 6.21. The zero-order valence-electron chi connectivity index (χ0n) is 13.7. The molecule has 0 bridgehead atoms. The van der Waals surface area contributed by atoms with Gasteiger partial charge >= 0.3 is 0 Å². The van der Waals surface area contributed by atoms with Crippen molar-refractivity contribution in [2.75, 3.05) is 18.0 Å². The molecule has 0 radical (unpaired) electrons. The van der Waals surface area contributed by atoms with Gasteiger partial charge in [0.25, 0.3) is 5.91 Å². The minimum Gasteiger partial charge on any atom is -0.325 e. The van der Waals surface area contributed by atoms with Gasteiger partial charge in [0.15, 0.2) is 0 Å². The van der Waals surface area contributed by atoms with Crippen LogP contribution in [0.1, 0.15) is 22.8 Å². The maximum absolute atomic E-state index is 12.8. The number of carbonyl (C=O) groups excluding carboxylic acids is 2. The van der Waals surface area contributed by atoms with E-state index >= 15 is 0 Å². The lowest BCUT2D eigenvalue weighted by Crippen LogP contribution is -2.57. The van der Waals surface area contributed by atoms with Crippen molar-refractivity contribution in [1.82, 2.24) is 4.90 Å². The maximum atomic E-state index is 12.8. The van der Waals surface area contributed by atoms with Gasteiger partial charge in [0.1, 0.15) is 6.04 Å². The molecule has 0 saturated carbocycles. The predicted octanol–water partition coefficient (Wildman–Crippen LogP) is 3.53. The van der Waals surface area contributed by atoms with Crippen LogP contribution >= 0.6 is 11.6 Å². The van der Waals surface area contributed by atoms with Gasteiger partial charge in [-0.15, -0.1) is 0 Å². The summed E-state index contributed by atoms with van der Waals surface area (Å²) in [5, 5.41) is 0.538. The number of aryl methyl sites for hydroxylation is 1. The van der Waals surface area contributed by atoms with Gasteiger partial charge < -0.3 is 9.80 Å². The molecule has 5 heteroatoms. The molecule has 2 aromatic rings. The molecule has 0 unspecified atom stereocenters. The summed E-state index contributed by atoms with van der Waals surface area (Å²) in [6.07, 6.45) is 0. The summed E-state index contributed by atoms with van der Waals surface area (Å²) in [7, 11) is 0. The fourth-order valence-electron chi connectivity index (χ4n) is 3.00. The number of halogens is 1. The quantitative estimate of drug-likeness (QED) is 0.837. The van der Waals surface area contributed by atoms with Gasteiger partial charge in [0.2, 0.25) is 5.91 Å². The lowest BCUT2D eigenvalue weighted by molar-refractivity contribution is -0.124. The molecule has 1 heterocycles. The van der Waals surface area contributed by atoms with Crippen molar-refractivity contribution < 1.29 is 9.59 Å². The lowest BCUT2D eigenvalue weighted by Gasteiger charge is -2.39. The first-order chi connectivity index (χ1) is 11.5. The molecule has 1 aliphatic rings. The van der Waals surface area contributed by atoms with E-state index < -0.39 is 6.04 Å². The van der Waals surface area contributed by atoms with E-state index in [4.69, 9.17) is 11.6 Å². The molecule has 1 fully saturated rings. The van der Waals surface area contributed by atoms with Crippen LogP contribution in [0.3, 0.4) is 0 Å². The smallest absolute Gasteiger partial charge is 0.254 e. The van der Waals surface area contributed by atoms with Crippen LogP contribution in [0.5, 0.6) is 0 Å². The summed E-state index contributed by atoms with van der Waals surface area (Å²) in [5.41, 5.74) is 2.33. The molecule has 0 aromatic heterocycles. The molecule has 1 atom stereocenters. The molecule has 0 N–H and O–H groups in total. The van der Waals surface area contributed by atoms with Gasteiger partial charge in [-0.3, -0.25) is 9.59 Å². The number of hydrogen-bond donors (Lipinski definition) is 0. The lowest BCUT2D eigenvalue weighted by atomic mass is 10.1. The molecule has 1 saturated heterocycles. The Hall–Kier alpha value is -2.33. The second kappa shape index (κ2) is 6.65. The SMILES string of the molecule is Cc1cccc(C(=O)N2CCN(c3ccccc3Cl)C(=O)[C@@H]2C)c1. The molecule has 2 amide bonds. The highest BCUT2D eigenvalue weighted by molar-refractivity contribution is 6.33. The van der Waals surface area contributed by atoms with Gasteiger partial charge in [-0.25, -0.2) is 0 Å². The number of hydrogen-bond acceptors (Lipinski definition) is 2. The van der Waals surface area contributed by atoms with Crippen molar-refractivity contribution in [2.45, 2.75) is 19.9 Å². The third-order valence-corrected chi connectivity index (χ3v) is 4.64. The van der Waals surface area contributed by atoms with Crippen molar-refractivity contribution in [3.63, 3.8) is 0 Å². The van der Waals surface area contributed by atoms with Crippen LogP contribution in [-0.2, 0) is 4.79 Å². The van der Waals surface area contributed by atoms with E-state index in [2.05, 4.69) is 0 Å². The van der Waals surface area contributed by atoms with Crippen LogP contribution < -0.4 is 4.90 Å². The first-order valence-corrected chi connectivity index (χ1v) is 8.30. The Labute approximate surface area is 146 Å². The van der Waals surface area contributed by atoms with Crippen molar-refractivity contribution in [2.24, 2.45) is 0 Å². The van der Waals surface area contributed by atoms with Crippen LogP contribution in [0, 0.1) is 6.92 Å². The molecule has 24 heavy (non-hydrogen) atoms. The fourth-order valence-corrected chi connectivity index (χ4v) is 3.24. The predicted molar refractivity (Wildman–Crippen MR) is 95.5 cm³/mol. The largest absolute Gasteiger partial charge is 0.325 e. The minimum atomic E-state index is -0.525. The van der Waals surface area contributed by atoms with Crippen molar-refractivity contribution in [1.29, 1.82) is 0 Å². The number of rotatable bonds is 2. The average molecular weight is 343 g/mol. The van der Waals surface area contributed by atoms with Crippen LogP contribution in [0.25, 0.3) is 0 Å². The molecule has 2 aromatic carbocycles. The normalized spacial score (nSPS) is 18.0. The molecule has 3 rings (SSSR count). The van der Waals surface area contributed by atoms with Gasteiger partial charge in [-0.05, 0) is 38.1 Å². The standard InChI is InChI=1S/C19H19ClN2O2/c1-13-6-5-7-15(12-13)19(24)21-10-11-22(18(23)14(21)2)17-9-4-3-8-16(17)20/h3-9,12,14H,10-11H2,1-2H3/t14-/m0/s1. The highest BCUT2D eigenvalue weighted by atomic mass is 35.5. The number of amides is 2. The molecule has 4 nitrogen and oxygen atoms in total. The summed E-state index contributed by atoms with van der Waals surface area (Å²) in [6, 6.07) is 14.2. The monoisotopic (exact) mass is 342 g/mol. The van der Waals surface area contributed by atoms with Crippen molar-refractivity contribution in [3.8, 4) is 0 Å². The first-order valence-electron chi connectivity index (χ1n) is 7.92. The first kappa shape index (κ1) is 16.5. The third-order valence-electron chi connectivity index (χ3n) is 4.32. The number of piperazine rings is 1. The Balaban J connectivity index is 1.83. The van der Waals surface area contributed by atoms with E-state index in [1.165, 1.54) is 0 Å². The number of carbonyl (C=O) groups is 2. The second-order valence-electron chi connectivity index (χ2n) is 5.99. The number of anilines is 1. The second-order valence-corrected chi connectivity index (χ2v) is 6.39. The molecule has 1 aliphatic heterocycles. The third kappa shape index (κ3) is 3.02. The molecule has 0 aliphatic carbocycles. The molecular weight excluding hydrogens is 324 g/mol. The van der Waals surface area contributed by atoms with Gasteiger partial charge in [0.05, 0.1) is 10.7 Å². The minimum absolute atomic E-state index is 0.113. The highest BCUT2D eigenvalue weighted by Crippen LogP contribution is 2.28. The molecule has 0 spiro atoms. The highest BCUT2D eigenvalue weighted by Gasteiger charge is 2.35. The number of nitrogens with zero attached hydrogens (tertiary/aromatic N) is 2. The van der Waals surface area contributed by atoms with Crippen LogP contribution in [0.2, 0.25) is 5.02 Å². The van der Waals surface area contributed by atoms with E-state index in [9.17, 15) is 9.59 Å². The summed E-state index contributed by atoms with van der Waals surface area (Å²) in [5.74, 6) is -0.228.